The molecule has 0 aromatic heterocycles. The van der Waals surface area contributed by atoms with Crippen molar-refractivity contribution in [1.82, 2.24) is 10.2 Å². The molecule has 1 saturated heterocycles. The molecule has 1 aromatic carbocycles. The second-order valence-electron chi connectivity index (χ2n) is 4.78. The number of carbonyl (C=O) groups is 2. The van der Waals surface area contributed by atoms with Crippen LogP contribution in [0.2, 0.25) is 0 Å². The van der Waals surface area contributed by atoms with Crippen LogP contribution < -0.4 is 11.1 Å². The minimum atomic E-state index is -0.413. The first-order valence-electron chi connectivity index (χ1n) is 6.47. The quantitative estimate of drug-likeness (QED) is 0.828. The van der Waals surface area contributed by atoms with Gasteiger partial charge in [0.25, 0.3) is 0 Å². The van der Waals surface area contributed by atoms with Gasteiger partial charge in [0.05, 0.1) is 0 Å². The zero-order chi connectivity index (χ0) is 13.8. The lowest BCUT2D eigenvalue weighted by atomic mass is 10.0. The molecule has 2 amide bonds. The Labute approximate surface area is 112 Å². The van der Waals surface area contributed by atoms with E-state index >= 15 is 0 Å². The maximum Gasteiger partial charge on any atom is 0.242 e. The fourth-order valence-electron chi connectivity index (χ4n) is 2.25. The molecule has 2 rings (SSSR count). The third kappa shape index (κ3) is 3.12. The third-order valence-corrected chi connectivity index (χ3v) is 3.44. The number of piperazine rings is 1. The summed E-state index contributed by atoms with van der Waals surface area (Å²) in [6.07, 6.45) is 0.224. The Morgan fingerprint density at radius 2 is 2.16 bits per heavy atom. The summed E-state index contributed by atoms with van der Waals surface area (Å²) in [4.78, 5) is 25.3. The number of amides is 2. The van der Waals surface area contributed by atoms with E-state index in [0.29, 0.717) is 13.1 Å². The van der Waals surface area contributed by atoms with Crippen molar-refractivity contribution >= 4 is 11.8 Å². The third-order valence-electron chi connectivity index (χ3n) is 3.44. The average Bonchev–Trinajstić information content (AvgIpc) is 2.42. The summed E-state index contributed by atoms with van der Waals surface area (Å²) < 4.78 is 0. The molecule has 1 fully saturated rings. The van der Waals surface area contributed by atoms with E-state index in [2.05, 4.69) is 5.32 Å². The van der Waals surface area contributed by atoms with E-state index < -0.39 is 6.04 Å². The molecule has 19 heavy (non-hydrogen) atoms. The van der Waals surface area contributed by atoms with Crippen molar-refractivity contribution in [2.75, 3.05) is 13.1 Å². The highest BCUT2D eigenvalue weighted by molar-refractivity contribution is 5.88. The monoisotopic (exact) mass is 261 g/mol. The van der Waals surface area contributed by atoms with Gasteiger partial charge in [0, 0.05) is 25.6 Å². The second-order valence-corrected chi connectivity index (χ2v) is 4.78. The molecule has 0 saturated carbocycles. The maximum absolute atomic E-state index is 12.2. The maximum atomic E-state index is 12.2. The van der Waals surface area contributed by atoms with E-state index in [1.165, 1.54) is 0 Å². The molecule has 1 aromatic rings. The summed E-state index contributed by atoms with van der Waals surface area (Å²) in [6.45, 7) is 2.79. The van der Waals surface area contributed by atoms with E-state index in [9.17, 15) is 9.59 Å². The predicted molar refractivity (Wildman–Crippen MR) is 72.2 cm³/mol. The highest BCUT2D eigenvalue weighted by Gasteiger charge is 2.29. The van der Waals surface area contributed by atoms with Crippen molar-refractivity contribution in [3.63, 3.8) is 0 Å². The molecule has 102 valence electrons. The van der Waals surface area contributed by atoms with Gasteiger partial charge in [-0.2, -0.15) is 0 Å². The molecule has 1 aliphatic heterocycles. The van der Waals surface area contributed by atoms with Crippen molar-refractivity contribution in [3.8, 4) is 0 Å². The first-order valence-corrected chi connectivity index (χ1v) is 6.47. The van der Waals surface area contributed by atoms with Crippen LogP contribution in [0.5, 0.6) is 0 Å². The Morgan fingerprint density at radius 1 is 1.47 bits per heavy atom. The molecule has 3 N–H and O–H groups in total. The van der Waals surface area contributed by atoms with Crippen molar-refractivity contribution in [2.24, 2.45) is 5.73 Å². The number of nitrogens with two attached hydrogens (primary N) is 1. The highest BCUT2D eigenvalue weighted by Crippen LogP contribution is 2.16. The van der Waals surface area contributed by atoms with E-state index in [-0.39, 0.29) is 24.3 Å². The van der Waals surface area contributed by atoms with E-state index in [1.54, 1.807) is 11.8 Å². The summed E-state index contributed by atoms with van der Waals surface area (Å²) in [5.41, 5.74) is 6.97. The summed E-state index contributed by atoms with van der Waals surface area (Å²) in [6, 6.07) is 8.78. The van der Waals surface area contributed by atoms with Gasteiger partial charge in [0.1, 0.15) is 6.04 Å². The van der Waals surface area contributed by atoms with Gasteiger partial charge >= 0.3 is 0 Å². The Morgan fingerprint density at radius 3 is 2.84 bits per heavy atom. The molecule has 0 bridgehead atoms. The molecule has 0 spiro atoms. The number of nitrogens with one attached hydrogen (secondary N) is 1. The Bertz CT molecular complexity index is 461. The predicted octanol–water partition coefficient (Wildman–Crippen LogP) is 0.423. The van der Waals surface area contributed by atoms with Crippen molar-refractivity contribution < 1.29 is 9.59 Å². The summed E-state index contributed by atoms with van der Waals surface area (Å²) in [5.74, 6) is -0.174. The van der Waals surface area contributed by atoms with E-state index in [4.69, 9.17) is 5.73 Å². The summed E-state index contributed by atoms with van der Waals surface area (Å²) >= 11 is 0. The van der Waals surface area contributed by atoms with Crippen LogP contribution in [0, 0.1) is 0 Å². The molecule has 0 aliphatic carbocycles. The highest BCUT2D eigenvalue weighted by atomic mass is 16.2. The smallest absolute Gasteiger partial charge is 0.242 e. The number of nitrogens with zero attached hydrogens (tertiary/aromatic N) is 1. The minimum Gasteiger partial charge on any atom is -0.353 e. The van der Waals surface area contributed by atoms with Gasteiger partial charge in [-0.3, -0.25) is 9.59 Å². The zero-order valence-electron chi connectivity index (χ0n) is 11.0. The van der Waals surface area contributed by atoms with Crippen molar-refractivity contribution in [3.05, 3.63) is 35.9 Å². The topological polar surface area (TPSA) is 75.4 Å². The van der Waals surface area contributed by atoms with Gasteiger partial charge < -0.3 is 16.0 Å². The van der Waals surface area contributed by atoms with Crippen LogP contribution >= 0.6 is 0 Å². The fraction of sp³-hybridized carbons (Fsp3) is 0.429. The van der Waals surface area contributed by atoms with Gasteiger partial charge in [-0.1, -0.05) is 30.3 Å². The van der Waals surface area contributed by atoms with Crippen LogP contribution in [0.1, 0.15) is 24.9 Å². The molecule has 0 unspecified atom stereocenters. The van der Waals surface area contributed by atoms with Crippen molar-refractivity contribution in [2.45, 2.75) is 25.4 Å². The van der Waals surface area contributed by atoms with Gasteiger partial charge in [-0.15, -0.1) is 0 Å². The van der Waals surface area contributed by atoms with E-state index in [1.807, 2.05) is 30.3 Å². The second kappa shape index (κ2) is 5.84. The molecule has 0 radical (unpaired) electrons. The van der Waals surface area contributed by atoms with Gasteiger partial charge in [0.15, 0.2) is 0 Å². The number of hydrogen-bond acceptors (Lipinski definition) is 3. The molecule has 2 atom stereocenters. The molecular weight excluding hydrogens is 242 g/mol. The fourth-order valence-corrected chi connectivity index (χ4v) is 2.25. The Balaban J connectivity index is 1.99. The lowest BCUT2D eigenvalue weighted by Crippen LogP contribution is -2.56. The lowest BCUT2D eigenvalue weighted by Gasteiger charge is -2.33. The lowest BCUT2D eigenvalue weighted by molar-refractivity contribution is -0.142. The normalized spacial score (nSPS) is 20.8. The van der Waals surface area contributed by atoms with Gasteiger partial charge in [0.2, 0.25) is 11.8 Å². The number of carbonyl (C=O) groups excluding carboxylic acids is 2. The summed E-state index contributed by atoms with van der Waals surface area (Å²) in [7, 11) is 0. The standard InChI is InChI=1S/C14H19N3O2/c1-10-14(19)16-7-8-17(10)13(18)9-12(15)11-5-3-2-4-6-11/h2-6,10,12H,7-9,15H2,1H3,(H,16,19)/t10-,12-/m0/s1. The first-order chi connectivity index (χ1) is 9.09. The summed E-state index contributed by atoms with van der Waals surface area (Å²) in [5, 5.41) is 2.74. The van der Waals surface area contributed by atoms with Crippen LogP contribution in [-0.4, -0.2) is 35.8 Å². The van der Waals surface area contributed by atoms with Crippen molar-refractivity contribution in [1.29, 1.82) is 0 Å². The molecule has 5 nitrogen and oxygen atoms in total. The Hall–Kier alpha value is -1.88. The molecule has 1 aliphatic rings. The van der Waals surface area contributed by atoms with Crippen LogP contribution in [0.15, 0.2) is 30.3 Å². The average molecular weight is 261 g/mol. The largest absolute Gasteiger partial charge is 0.353 e. The van der Waals surface area contributed by atoms with Gasteiger partial charge in [-0.05, 0) is 12.5 Å². The molecule has 5 heteroatoms. The molecular formula is C14H19N3O2. The van der Waals surface area contributed by atoms with Crippen LogP contribution in [0.3, 0.4) is 0 Å². The molecule has 1 heterocycles. The van der Waals surface area contributed by atoms with Gasteiger partial charge in [-0.25, -0.2) is 0 Å². The minimum absolute atomic E-state index is 0.0706. The van der Waals surface area contributed by atoms with Crippen LogP contribution in [0.25, 0.3) is 0 Å². The number of hydrogen-bond donors (Lipinski definition) is 2. The number of benzene rings is 1. The Kier molecular flexibility index (Phi) is 4.16. The first kappa shape index (κ1) is 13.5. The number of rotatable bonds is 3. The van der Waals surface area contributed by atoms with E-state index in [0.717, 1.165) is 5.56 Å². The zero-order valence-corrected chi connectivity index (χ0v) is 11.0. The van der Waals surface area contributed by atoms with Crippen LogP contribution in [0.4, 0.5) is 0 Å². The van der Waals surface area contributed by atoms with Crippen LogP contribution in [-0.2, 0) is 9.59 Å². The SMILES string of the molecule is C[C@H]1C(=O)NCCN1C(=O)C[C@H](N)c1ccccc1.